The van der Waals surface area contributed by atoms with E-state index in [2.05, 4.69) is 36.7 Å². The first-order chi connectivity index (χ1) is 4.75. The Balaban J connectivity index is 2.83. The van der Waals surface area contributed by atoms with E-state index in [-0.39, 0.29) is 0 Å². The van der Waals surface area contributed by atoms with Gasteiger partial charge in [-0.2, -0.15) is 0 Å². The van der Waals surface area contributed by atoms with Crippen LogP contribution >= 0.6 is 11.3 Å². The summed E-state index contributed by atoms with van der Waals surface area (Å²) in [6.45, 7) is 4.25. The number of fused-ring (bicyclic) bond motifs is 1. The van der Waals surface area contributed by atoms with Crippen molar-refractivity contribution in [3.63, 3.8) is 0 Å². The molecule has 0 aliphatic carbocycles. The molecule has 0 saturated carbocycles. The van der Waals surface area contributed by atoms with Crippen molar-refractivity contribution in [3.8, 4) is 0 Å². The second-order valence-electron chi connectivity index (χ2n) is 2.60. The number of hydrogen-bond donors (Lipinski definition) is 0. The van der Waals surface area contributed by atoms with E-state index in [1.54, 1.807) is 0 Å². The Kier molecular flexibility index (Phi) is 1.11. The minimum Gasteiger partial charge on any atom is -0.314 e. The third-order valence-corrected chi connectivity index (χ3v) is 2.50. The van der Waals surface area contributed by atoms with Crippen LogP contribution in [0.3, 0.4) is 0 Å². The van der Waals surface area contributed by atoms with Crippen molar-refractivity contribution >= 4 is 16.2 Å². The summed E-state index contributed by atoms with van der Waals surface area (Å²) in [6.07, 6.45) is 4.31. The van der Waals surface area contributed by atoms with Crippen molar-refractivity contribution in [2.75, 3.05) is 0 Å². The zero-order valence-corrected chi connectivity index (χ0v) is 6.90. The summed E-state index contributed by atoms with van der Waals surface area (Å²) in [7, 11) is 0. The van der Waals surface area contributed by atoms with E-state index in [4.69, 9.17) is 0 Å². The van der Waals surface area contributed by atoms with Gasteiger partial charge in [-0.25, -0.2) is 0 Å². The van der Waals surface area contributed by atoms with Crippen LogP contribution in [-0.4, -0.2) is 4.40 Å². The summed E-state index contributed by atoms with van der Waals surface area (Å²) >= 11 is 1.84. The smallest absolute Gasteiger partial charge is 0.0995 e. The maximum absolute atomic E-state index is 2.21. The zero-order chi connectivity index (χ0) is 7.14. The molecule has 2 heteroatoms. The first-order valence-corrected chi connectivity index (χ1v) is 4.12. The van der Waals surface area contributed by atoms with Crippen LogP contribution < -0.4 is 0 Å². The molecule has 0 N–H and O–H groups in total. The van der Waals surface area contributed by atoms with Crippen molar-refractivity contribution in [2.45, 2.75) is 13.8 Å². The number of thiazole rings is 1. The van der Waals surface area contributed by atoms with E-state index < -0.39 is 0 Å². The van der Waals surface area contributed by atoms with Gasteiger partial charge in [-0.15, -0.1) is 11.3 Å². The predicted molar refractivity (Wildman–Crippen MR) is 44.7 cm³/mol. The minimum absolute atomic E-state index is 1.34. The lowest BCUT2D eigenvalue weighted by molar-refractivity contribution is 1.21. The van der Waals surface area contributed by atoms with Crippen molar-refractivity contribution in [1.82, 2.24) is 4.40 Å². The summed E-state index contributed by atoms with van der Waals surface area (Å²) in [5, 5.41) is 0. The molecule has 2 heterocycles. The average Bonchev–Trinajstić information content (AvgIpc) is 2.21. The van der Waals surface area contributed by atoms with Crippen LogP contribution in [0.1, 0.15) is 10.4 Å². The van der Waals surface area contributed by atoms with Gasteiger partial charge in [0, 0.05) is 17.3 Å². The highest BCUT2D eigenvalue weighted by Crippen LogP contribution is 2.18. The summed E-state index contributed by atoms with van der Waals surface area (Å²) in [6, 6.07) is 2.21. The van der Waals surface area contributed by atoms with Crippen LogP contribution in [0.4, 0.5) is 0 Å². The van der Waals surface area contributed by atoms with Gasteiger partial charge in [0.1, 0.15) is 0 Å². The van der Waals surface area contributed by atoms with Crippen LogP contribution in [0.15, 0.2) is 18.5 Å². The minimum atomic E-state index is 1.34. The summed E-state index contributed by atoms with van der Waals surface area (Å²) < 4.78 is 2.18. The summed E-state index contributed by atoms with van der Waals surface area (Å²) in [4.78, 5) is 2.71. The fraction of sp³-hybridized carbons (Fsp3) is 0.250. The highest BCUT2D eigenvalue weighted by atomic mass is 32.1. The van der Waals surface area contributed by atoms with Crippen LogP contribution in [0.2, 0.25) is 0 Å². The van der Waals surface area contributed by atoms with Crippen molar-refractivity contribution < 1.29 is 0 Å². The predicted octanol–water partition coefficient (Wildman–Crippen LogP) is 2.62. The van der Waals surface area contributed by atoms with Crippen LogP contribution in [0, 0.1) is 13.8 Å². The second kappa shape index (κ2) is 1.86. The lowest BCUT2D eigenvalue weighted by Crippen LogP contribution is -1.68. The molecule has 0 aromatic carbocycles. The molecule has 1 nitrogen and oxygen atoms in total. The molecule has 0 spiro atoms. The molecule has 0 bridgehead atoms. The molecule has 0 aliphatic heterocycles. The molecule has 0 fully saturated rings. The first-order valence-electron chi connectivity index (χ1n) is 3.30. The van der Waals surface area contributed by atoms with Gasteiger partial charge in [-0.05, 0) is 25.5 Å². The molecule has 2 aromatic heterocycles. The summed E-state index contributed by atoms with van der Waals surface area (Å²) in [5.41, 5.74) is 1.34. The number of aromatic nitrogens is 1. The zero-order valence-electron chi connectivity index (χ0n) is 6.09. The number of hydrogen-bond acceptors (Lipinski definition) is 1. The van der Waals surface area contributed by atoms with E-state index in [0.717, 1.165) is 0 Å². The third-order valence-electron chi connectivity index (χ3n) is 1.53. The Morgan fingerprint density at radius 2 is 2.10 bits per heavy atom. The van der Waals surface area contributed by atoms with Gasteiger partial charge >= 0.3 is 0 Å². The Bertz CT molecular complexity index is 293. The van der Waals surface area contributed by atoms with Crippen LogP contribution in [0.25, 0.3) is 4.83 Å². The van der Waals surface area contributed by atoms with E-state index in [9.17, 15) is 0 Å². The molecular formula is C8H9NS. The van der Waals surface area contributed by atoms with E-state index >= 15 is 0 Å². The molecule has 2 aromatic rings. The Hall–Kier alpha value is -0.760. The highest BCUT2D eigenvalue weighted by molar-refractivity contribution is 7.17. The van der Waals surface area contributed by atoms with E-state index in [1.807, 2.05) is 11.3 Å². The third kappa shape index (κ3) is 0.762. The van der Waals surface area contributed by atoms with E-state index in [0.29, 0.717) is 0 Å². The number of nitrogens with zero attached hydrogens (tertiary/aromatic N) is 1. The molecule has 0 radical (unpaired) electrons. The molecule has 52 valence electrons. The van der Waals surface area contributed by atoms with Gasteiger partial charge in [-0.1, -0.05) is 0 Å². The fourth-order valence-corrected chi connectivity index (χ4v) is 2.11. The van der Waals surface area contributed by atoms with Crippen molar-refractivity contribution in [1.29, 1.82) is 0 Å². The molecule has 0 atom stereocenters. The molecular weight excluding hydrogens is 142 g/mol. The lowest BCUT2D eigenvalue weighted by atomic mass is 10.4. The van der Waals surface area contributed by atoms with Gasteiger partial charge < -0.3 is 4.40 Å². The van der Waals surface area contributed by atoms with E-state index in [1.165, 1.54) is 15.3 Å². The highest BCUT2D eigenvalue weighted by Gasteiger charge is 1.97. The summed E-state index contributed by atoms with van der Waals surface area (Å²) in [5.74, 6) is 0. The molecule has 0 aliphatic rings. The van der Waals surface area contributed by atoms with Crippen molar-refractivity contribution in [3.05, 3.63) is 28.9 Å². The van der Waals surface area contributed by atoms with Gasteiger partial charge in [-0.3, -0.25) is 0 Å². The Morgan fingerprint density at radius 1 is 1.30 bits per heavy atom. The quantitative estimate of drug-likeness (QED) is 0.545. The lowest BCUT2D eigenvalue weighted by Gasteiger charge is -1.77. The van der Waals surface area contributed by atoms with Gasteiger partial charge in [0.15, 0.2) is 0 Å². The molecule has 2 rings (SSSR count). The van der Waals surface area contributed by atoms with Crippen LogP contribution in [0.5, 0.6) is 0 Å². The SMILES string of the molecule is Cc1cc2sc(C)cn2c1. The molecule has 0 amide bonds. The Labute approximate surface area is 63.9 Å². The molecule has 0 saturated heterocycles. The maximum Gasteiger partial charge on any atom is 0.0995 e. The maximum atomic E-state index is 2.21. The second-order valence-corrected chi connectivity index (χ2v) is 3.87. The standard InChI is InChI=1S/C8H9NS/c1-6-3-8-9(4-6)5-7(2)10-8/h3-5H,1-2H3. The van der Waals surface area contributed by atoms with Crippen LogP contribution in [-0.2, 0) is 0 Å². The largest absolute Gasteiger partial charge is 0.314 e. The topological polar surface area (TPSA) is 4.41 Å². The van der Waals surface area contributed by atoms with Gasteiger partial charge in [0.2, 0.25) is 0 Å². The van der Waals surface area contributed by atoms with Gasteiger partial charge in [0.05, 0.1) is 4.83 Å². The number of aryl methyl sites for hydroxylation is 2. The fourth-order valence-electron chi connectivity index (χ4n) is 1.16. The Morgan fingerprint density at radius 3 is 2.80 bits per heavy atom. The van der Waals surface area contributed by atoms with Crippen molar-refractivity contribution in [2.24, 2.45) is 0 Å². The normalized spacial score (nSPS) is 11.0. The average molecular weight is 151 g/mol. The first kappa shape index (κ1) is 5.98. The molecule has 0 unspecified atom stereocenters. The monoisotopic (exact) mass is 151 g/mol. The van der Waals surface area contributed by atoms with Gasteiger partial charge in [0.25, 0.3) is 0 Å². The number of rotatable bonds is 0. The molecule has 10 heavy (non-hydrogen) atoms.